The van der Waals surface area contributed by atoms with Crippen molar-refractivity contribution < 1.29 is 47.7 Å². The molecule has 2 aliphatic rings. The van der Waals surface area contributed by atoms with Gasteiger partial charge < -0.3 is 38.1 Å². The summed E-state index contributed by atoms with van der Waals surface area (Å²) >= 11 is 12.3. The van der Waals surface area contributed by atoms with E-state index in [1.54, 1.807) is 50.6 Å². The van der Waals surface area contributed by atoms with Crippen molar-refractivity contribution in [1.29, 1.82) is 0 Å². The fraction of sp³-hybridized carbons (Fsp3) is 0.350. The van der Waals surface area contributed by atoms with Crippen molar-refractivity contribution in [3.8, 4) is 23.0 Å². The summed E-state index contributed by atoms with van der Waals surface area (Å²) in [7, 11) is 3.08. The lowest BCUT2D eigenvalue weighted by Crippen LogP contribution is -2.47. The van der Waals surface area contributed by atoms with Gasteiger partial charge >= 0.3 is 11.9 Å². The highest BCUT2D eigenvalue weighted by Gasteiger charge is 2.35. The minimum Gasteiger partial charge on any atom is -0.493 e. The second kappa shape index (κ2) is 19.2. The van der Waals surface area contributed by atoms with Gasteiger partial charge in [-0.1, -0.05) is 83.9 Å². The van der Waals surface area contributed by atoms with E-state index < -0.39 is 36.4 Å². The molecule has 0 saturated carbocycles. The molecule has 4 atom stereocenters. The Morgan fingerprint density at radius 3 is 1.43 bits per heavy atom. The maximum Gasteiger partial charge on any atom is 0.325 e. The van der Waals surface area contributed by atoms with Gasteiger partial charge in [0.25, 0.3) is 0 Å². The Morgan fingerprint density at radius 2 is 1.04 bits per heavy atom. The second-order valence-corrected chi connectivity index (χ2v) is 13.4. The minimum atomic E-state index is -0.571. The van der Waals surface area contributed by atoms with Crippen LogP contribution < -0.4 is 18.9 Å². The van der Waals surface area contributed by atoms with Gasteiger partial charge in [0, 0.05) is 22.2 Å². The topological polar surface area (TPSA) is 114 Å². The van der Waals surface area contributed by atoms with Gasteiger partial charge in [0.05, 0.1) is 66.5 Å². The van der Waals surface area contributed by atoms with Crippen LogP contribution in [0.2, 0.25) is 10.0 Å². The van der Waals surface area contributed by atoms with Crippen LogP contribution in [0.1, 0.15) is 36.2 Å². The van der Waals surface area contributed by atoms with Crippen molar-refractivity contribution in [1.82, 2.24) is 10.1 Å². The highest BCUT2D eigenvalue weighted by Crippen LogP contribution is 2.37. The average molecular weight is 782 g/mol. The maximum absolute atomic E-state index is 13.0. The Kier molecular flexibility index (Phi) is 13.9. The van der Waals surface area contributed by atoms with E-state index in [1.807, 2.05) is 60.7 Å². The van der Waals surface area contributed by atoms with Crippen LogP contribution >= 0.6 is 23.2 Å². The number of carbonyl (C=O) groups excluding carboxylic acids is 2. The van der Waals surface area contributed by atoms with Gasteiger partial charge in [-0.25, -0.2) is 0 Å². The largest absolute Gasteiger partial charge is 0.493 e. The Morgan fingerprint density at radius 1 is 0.630 bits per heavy atom. The first-order valence-corrected chi connectivity index (χ1v) is 18.3. The predicted octanol–water partition coefficient (Wildman–Crippen LogP) is 7.05. The highest BCUT2D eigenvalue weighted by atomic mass is 35.5. The zero-order valence-electron chi connectivity index (χ0n) is 29.9. The van der Waals surface area contributed by atoms with Crippen molar-refractivity contribution in [2.24, 2.45) is 0 Å². The number of rotatable bonds is 15. The Hall–Kier alpha value is -4.56. The monoisotopic (exact) mass is 780 g/mol. The molecular weight excluding hydrogens is 739 g/mol. The van der Waals surface area contributed by atoms with Crippen LogP contribution in [0, 0.1) is 0 Å². The van der Waals surface area contributed by atoms with E-state index in [-0.39, 0.29) is 25.9 Å². The number of carbonyl (C=O) groups is 2. The molecule has 0 spiro atoms. The lowest BCUT2D eigenvalue weighted by atomic mass is 10.0. The molecule has 14 heteroatoms. The van der Waals surface area contributed by atoms with Gasteiger partial charge in [0.2, 0.25) is 0 Å². The van der Waals surface area contributed by atoms with Gasteiger partial charge in [-0.15, -0.1) is 10.1 Å². The van der Waals surface area contributed by atoms with Crippen LogP contribution in [0.15, 0.2) is 97.1 Å². The number of halogens is 2. The molecule has 0 bridgehead atoms. The third kappa shape index (κ3) is 10.6. The standard InChI is InChI=1S/C40H42Cl2N2O10/c1-47-33-23-29(41)13-15-31(33)51-39(27-9-5-3-6-10-27)35-25-43(19-21-49-35)53-37(45)17-18-38(46)54-44-20-22-50-36(26-44)40(28-11-7-4-8-12-28)52-32-16-14-30(42)24-34(32)48-2/h3-16,23-24,35-36,39-40H,17-22,25-26H2,1-2H3/t35-,36-,39?,40?/m1/s1. The van der Waals surface area contributed by atoms with Gasteiger partial charge in [-0.2, -0.15) is 0 Å². The molecule has 6 rings (SSSR count). The van der Waals surface area contributed by atoms with Crippen LogP contribution in [0.25, 0.3) is 0 Å². The Balaban J connectivity index is 1.02. The zero-order chi connectivity index (χ0) is 37.9. The van der Waals surface area contributed by atoms with Crippen molar-refractivity contribution in [3.63, 3.8) is 0 Å². The van der Waals surface area contributed by atoms with Crippen molar-refractivity contribution >= 4 is 35.1 Å². The van der Waals surface area contributed by atoms with E-state index in [0.717, 1.165) is 11.1 Å². The van der Waals surface area contributed by atoms with E-state index in [0.29, 0.717) is 59.3 Å². The summed E-state index contributed by atoms with van der Waals surface area (Å²) in [6.45, 7) is 1.74. The average Bonchev–Trinajstić information content (AvgIpc) is 3.20. The van der Waals surface area contributed by atoms with E-state index in [2.05, 4.69) is 0 Å². The maximum atomic E-state index is 13.0. The number of hydroxylamine groups is 4. The van der Waals surface area contributed by atoms with Gasteiger partial charge in [-0.05, 0) is 35.4 Å². The molecule has 2 fully saturated rings. The number of morpholine rings is 2. The van der Waals surface area contributed by atoms with E-state index in [9.17, 15) is 9.59 Å². The molecule has 0 amide bonds. The summed E-state index contributed by atoms with van der Waals surface area (Å²) in [4.78, 5) is 37.3. The number of ether oxygens (including phenoxy) is 6. The molecule has 2 aliphatic heterocycles. The molecule has 0 aromatic heterocycles. The minimum absolute atomic E-state index is 0.179. The third-order valence-electron chi connectivity index (χ3n) is 8.80. The normalized spacial score (nSPS) is 18.9. The molecule has 54 heavy (non-hydrogen) atoms. The van der Waals surface area contributed by atoms with Gasteiger partial charge in [0.1, 0.15) is 12.2 Å². The van der Waals surface area contributed by atoms with Crippen LogP contribution in [0.5, 0.6) is 23.0 Å². The molecule has 2 heterocycles. The first-order chi connectivity index (χ1) is 26.3. The number of methoxy groups -OCH3 is 2. The lowest BCUT2D eigenvalue weighted by molar-refractivity contribution is -0.228. The van der Waals surface area contributed by atoms with Crippen molar-refractivity contribution in [2.45, 2.75) is 37.3 Å². The number of benzene rings is 4. The predicted molar refractivity (Wildman–Crippen MR) is 200 cm³/mol. The number of hydrogen-bond donors (Lipinski definition) is 0. The van der Waals surface area contributed by atoms with Crippen molar-refractivity contribution in [2.75, 3.05) is 53.6 Å². The quantitative estimate of drug-likeness (QED) is 0.123. The first-order valence-electron chi connectivity index (χ1n) is 17.5. The van der Waals surface area contributed by atoms with Crippen LogP contribution in [0.3, 0.4) is 0 Å². The molecule has 0 N–H and O–H groups in total. The summed E-state index contributed by atoms with van der Waals surface area (Å²) in [6, 6.07) is 29.5. The smallest absolute Gasteiger partial charge is 0.325 e. The van der Waals surface area contributed by atoms with Gasteiger partial charge in [-0.3, -0.25) is 9.59 Å². The number of nitrogens with zero attached hydrogens (tertiary/aromatic N) is 2. The molecule has 12 nitrogen and oxygen atoms in total. The molecule has 0 radical (unpaired) electrons. The van der Waals surface area contributed by atoms with Crippen LogP contribution in [0.4, 0.5) is 0 Å². The third-order valence-corrected chi connectivity index (χ3v) is 9.27. The highest BCUT2D eigenvalue weighted by molar-refractivity contribution is 6.31. The Labute approximate surface area is 324 Å². The van der Waals surface area contributed by atoms with Crippen LogP contribution in [-0.2, 0) is 28.7 Å². The second-order valence-electron chi connectivity index (χ2n) is 12.5. The first kappa shape index (κ1) is 39.1. The summed E-state index contributed by atoms with van der Waals surface area (Å²) < 4.78 is 36.1. The fourth-order valence-corrected chi connectivity index (χ4v) is 6.49. The molecule has 286 valence electrons. The summed E-state index contributed by atoms with van der Waals surface area (Å²) in [5.41, 5.74) is 1.74. The summed E-state index contributed by atoms with van der Waals surface area (Å²) in [6.07, 6.45) is -2.48. The lowest BCUT2D eigenvalue weighted by Gasteiger charge is -2.36. The summed E-state index contributed by atoms with van der Waals surface area (Å²) in [5, 5.41) is 4.09. The fourth-order valence-electron chi connectivity index (χ4n) is 6.17. The molecule has 2 unspecified atom stereocenters. The molecule has 4 aromatic carbocycles. The molecule has 2 saturated heterocycles. The van der Waals surface area contributed by atoms with Crippen molar-refractivity contribution in [3.05, 3.63) is 118 Å². The van der Waals surface area contributed by atoms with Crippen LogP contribution in [-0.4, -0.2) is 87.9 Å². The Bertz CT molecular complexity index is 1700. The molecule has 4 aromatic rings. The van der Waals surface area contributed by atoms with E-state index >= 15 is 0 Å². The van der Waals surface area contributed by atoms with Gasteiger partial charge in [0.15, 0.2) is 35.2 Å². The van der Waals surface area contributed by atoms with E-state index in [4.69, 9.17) is 61.3 Å². The SMILES string of the molecule is COc1cc(Cl)ccc1OC(c1ccccc1)[C@H]1CN(OC(=O)CCC(=O)ON2CCO[C@@H](C(Oc3ccc(Cl)cc3OC)c3ccccc3)C2)CCO1. The molecular formula is C40H42Cl2N2O10. The number of hydrogen-bond acceptors (Lipinski definition) is 12. The summed E-state index contributed by atoms with van der Waals surface area (Å²) in [5.74, 6) is 0.791. The van der Waals surface area contributed by atoms with E-state index in [1.165, 1.54) is 10.1 Å². The molecule has 0 aliphatic carbocycles. The zero-order valence-corrected chi connectivity index (χ0v) is 31.4.